The predicted octanol–water partition coefficient (Wildman–Crippen LogP) is 4.00. The fourth-order valence-corrected chi connectivity index (χ4v) is 3.17. The van der Waals surface area contributed by atoms with Gasteiger partial charge in [-0.05, 0) is 42.7 Å². The largest absolute Gasteiger partial charge is 0.497 e. The summed E-state index contributed by atoms with van der Waals surface area (Å²) in [4.78, 5) is 0. The van der Waals surface area contributed by atoms with Crippen molar-refractivity contribution in [2.75, 3.05) is 7.11 Å². The number of rotatable bonds is 5. The van der Waals surface area contributed by atoms with Crippen LogP contribution in [0.1, 0.15) is 32.3 Å². The summed E-state index contributed by atoms with van der Waals surface area (Å²) in [5, 5.41) is 8.79. The van der Waals surface area contributed by atoms with Gasteiger partial charge in [-0.15, -0.1) is 5.10 Å². The first-order valence-electron chi connectivity index (χ1n) is 7.70. The quantitative estimate of drug-likeness (QED) is 0.714. The fraction of sp³-hybridized carbons (Fsp3) is 0.333. The van der Waals surface area contributed by atoms with Gasteiger partial charge in [0, 0.05) is 0 Å². The van der Waals surface area contributed by atoms with Crippen LogP contribution in [0.4, 0.5) is 0 Å². The molecular formula is C18H21N3O. The average Bonchev–Trinajstić information content (AvgIpc) is 3.02. The van der Waals surface area contributed by atoms with Gasteiger partial charge in [0.1, 0.15) is 11.3 Å². The number of para-hydroxylation sites is 1. The second-order valence-electron chi connectivity index (χ2n) is 5.46. The molecule has 0 aliphatic carbocycles. The van der Waals surface area contributed by atoms with Crippen molar-refractivity contribution in [3.05, 3.63) is 54.1 Å². The number of methoxy groups -OCH3 is 1. The van der Waals surface area contributed by atoms with Crippen molar-refractivity contribution < 1.29 is 4.74 Å². The summed E-state index contributed by atoms with van der Waals surface area (Å²) in [7, 11) is 1.69. The van der Waals surface area contributed by atoms with E-state index in [0.29, 0.717) is 0 Å². The van der Waals surface area contributed by atoms with E-state index in [1.807, 2.05) is 30.3 Å². The molecule has 0 unspecified atom stereocenters. The molecule has 0 aliphatic rings. The van der Waals surface area contributed by atoms with Crippen LogP contribution in [0.15, 0.2) is 48.5 Å². The Labute approximate surface area is 130 Å². The zero-order valence-corrected chi connectivity index (χ0v) is 13.3. The van der Waals surface area contributed by atoms with Gasteiger partial charge >= 0.3 is 0 Å². The van der Waals surface area contributed by atoms with Gasteiger partial charge in [0.15, 0.2) is 0 Å². The minimum atomic E-state index is -0.192. The van der Waals surface area contributed by atoms with Crippen LogP contribution in [0.25, 0.3) is 11.0 Å². The highest BCUT2D eigenvalue weighted by Gasteiger charge is 2.33. The van der Waals surface area contributed by atoms with E-state index in [2.05, 4.69) is 47.0 Å². The Balaban J connectivity index is 2.18. The molecule has 2 aromatic carbocycles. The van der Waals surface area contributed by atoms with E-state index in [-0.39, 0.29) is 5.54 Å². The first kappa shape index (κ1) is 14.6. The minimum absolute atomic E-state index is 0.192. The molecule has 0 radical (unpaired) electrons. The molecule has 1 aromatic heterocycles. The van der Waals surface area contributed by atoms with E-state index in [1.165, 1.54) is 5.56 Å². The van der Waals surface area contributed by atoms with E-state index >= 15 is 0 Å². The monoisotopic (exact) mass is 295 g/mol. The Morgan fingerprint density at radius 3 is 2.32 bits per heavy atom. The lowest BCUT2D eigenvalue weighted by atomic mass is 9.84. The molecule has 0 amide bonds. The third-order valence-electron chi connectivity index (χ3n) is 4.55. The molecule has 3 rings (SSSR count). The van der Waals surface area contributed by atoms with Gasteiger partial charge in [-0.25, -0.2) is 4.68 Å². The van der Waals surface area contributed by atoms with Crippen molar-refractivity contribution >= 4 is 11.0 Å². The molecule has 0 spiro atoms. The topological polar surface area (TPSA) is 39.9 Å². The molecule has 1 heterocycles. The van der Waals surface area contributed by atoms with Crippen molar-refractivity contribution in [1.82, 2.24) is 15.0 Å². The molecule has 4 heteroatoms. The summed E-state index contributed by atoms with van der Waals surface area (Å²) in [5.74, 6) is 0.869. The van der Waals surface area contributed by atoms with Gasteiger partial charge in [-0.2, -0.15) is 0 Å². The van der Waals surface area contributed by atoms with Gasteiger partial charge in [0.2, 0.25) is 0 Å². The maximum absolute atomic E-state index is 5.28. The molecule has 0 aliphatic heterocycles. The van der Waals surface area contributed by atoms with Crippen LogP contribution in [0.2, 0.25) is 0 Å². The Morgan fingerprint density at radius 1 is 1.00 bits per heavy atom. The van der Waals surface area contributed by atoms with E-state index < -0.39 is 0 Å². The van der Waals surface area contributed by atoms with E-state index in [9.17, 15) is 0 Å². The highest BCUT2D eigenvalue weighted by Crippen LogP contribution is 2.35. The van der Waals surface area contributed by atoms with Gasteiger partial charge in [0.05, 0.1) is 18.2 Å². The summed E-state index contributed by atoms with van der Waals surface area (Å²) in [6, 6.07) is 16.4. The number of ether oxygens (including phenoxy) is 1. The van der Waals surface area contributed by atoms with Crippen molar-refractivity contribution in [1.29, 1.82) is 0 Å². The zero-order chi connectivity index (χ0) is 15.6. The average molecular weight is 295 g/mol. The summed E-state index contributed by atoms with van der Waals surface area (Å²) in [6.45, 7) is 4.40. The van der Waals surface area contributed by atoms with Crippen LogP contribution < -0.4 is 4.74 Å². The normalized spacial score (nSPS) is 11.8. The number of aromatic nitrogens is 3. The lowest BCUT2D eigenvalue weighted by Gasteiger charge is -2.33. The van der Waals surface area contributed by atoms with Crippen molar-refractivity contribution in [2.24, 2.45) is 0 Å². The molecule has 3 aromatic rings. The third-order valence-corrected chi connectivity index (χ3v) is 4.55. The first-order chi connectivity index (χ1) is 10.7. The zero-order valence-electron chi connectivity index (χ0n) is 13.3. The Morgan fingerprint density at radius 2 is 1.68 bits per heavy atom. The number of hydrogen-bond acceptors (Lipinski definition) is 3. The first-order valence-corrected chi connectivity index (χ1v) is 7.70. The summed E-state index contributed by atoms with van der Waals surface area (Å²) >= 11 is 0. The van der Waals surface area contributed by atoms with Gasteiger partial charge < -0.3 is 4.74 Å². The molecule has 0 atom stereocenters. The number of benzene rings is 2. The van der Waals surface area contributed by atoms with E-state index in [4.69, 9.17) is 4.74 Å². The number of nitrogens with zero attached hydrogens (tertiary/aromatic N) is 3. The summed E-state index contributed by atoms with van der Waals surface area (Å²) in [6.07, 6.45) is 1.90. The molecule has 0 N–H and O–H groups in total. The number of hydrogen-bond donors (Lipinski definition) is 0. The lowest BCUT2D eigenvalue weighted by Crippen LogP contribution is -2.34. The summed E-state index contributed by atoms with van der Waals surface area (Å²) in [5.41, 5.74) is 3.04. The molecule has 0 saturated carbocycles. The predicted molar refractivity (Wildman–Crippen MR) is 88.2 cm³/mol. The second-order valence-corrected chi connectivity index (χ2v) is 5.46. The van der Waals surface area contributed by atoms with E-state index in [0.717, 1.165) is 29.6 Å². The van der Waals surface area contributed by atoms with Crippen molar-refractivity contribution in [3.63, 3.8) is 0 Å². The molecular weight excluding hydrogens is 274 g/mol. The van der Waals surface area contributed by atoms with Gasteiger partial charge in [-0.1, -0.05) is 43.3 Å². The smallest absolute Gasteiger partial charge is 0.118 e. The second kappa shape index (κ2) is 5.79. The molecule has 114 valence electrons. The molecule has 0 fully saturated rings. The van der Waals surface area contributed by atoms with Crippen LogP contribution in [-0.4, -0.2) is 22.1 Å². The Kier molecular flexibility index (Phi) is 3.84. The van der Waals surface area contributed by atoms with Crippen molar-refractivity contribution in [3.8, 4) is 5.75 Å². The molecule has 4 nitrogen and oxygen atoms in total. The highest BCUT2D eigenvalue weighted by molar-refractivity contribution is 5.74. The van der Waals surface area contributed by atoms with Crippen LogP contribution >= 0.6 is 0 Å². The SMILES string of the molecule is CCC(CC)(c1ccc(OC)cc1)n1nnc2ccccc21. The molecule has 0 saturated heterocycles. The van der Waals surface area contributed by atoms with Gasteiger partial charge in [-0.3, -0.25) is 0 Å². The van der Waals surface area contributed by atoms with Crippen LogP contribution in [-0.2, 0) is 5.54 Å². The minimum Gasteiger partial charge on any atom is -0.497 e. The Bertz CT molecular complexity index is 757. The lowest BCUT2D eigenvalue weighted by molar-refractivity contribution is 0.299. The maximum Gasteiger partial charge on any atom is 0.118 e. The maximum atomic E-state index is 5.28. The Hall–Kier alpha value is -2.36. The van der Waals surface area contributed by atoms with Gasteiger partial charge in [0.25, 0.3) is 0 Å². The highest BCUT2D eigenvalue weighted by atomic mass is 16.5. The van der Waals surface area contributed by atoms with Crippen LogP contribution in [0.3, 0.4) is 0 Å². The van der Waals surface area contributed by atoms with Crippen LogP contribution in [0.5, 0.6) is 5.75 Å². The van der Waals surface area contributed by atoms with E-state index in [1.54, 1.807) is 7.11 Å². The molecule has 22 heavy (non-hydrogen) atoms. The van der Waals surface area contributed by atoms with Crippen molar-refractivity contribution in [2.45, 2.75) is 32.2 Å². The third kappa shape index (κ3) is 2.15. The fourth-order valence-electron chi connectivity index (χ4n) is 3.17. The molecule has 0 bridgehead atoms. The number of fused-ring (bicyclic) bond motifs is 1. The summed E-state index contributed by atoms with van der Waals surface area (Å²) < 4.78 is 7.35. The standard InChI is InChI=1S/C18H21N3O/c1-4-18(5-2,14-10-12-15(22-3)13-11-14)21-17-9-7-6-8-16(17)19-20-21/h6-13H,4-5H2,1-3H3. The van der Waals surface area contributed by atoms with Crippen LogP contribution in [0, 0.1) is 0 Å².